The van der Waals surface area contributed by atoms with Crippen LogP contribution in [0.5, 0.6) is 0 Å². The zero-order valence-electron chi connectivity index (χ0n) is 11.8. The van der Waals surface area contributed by atoms with Gasteiger partial charge in [-0.1, -0.05) is 6.07 Å². The molecule has 4 nitrogen and oxygen atoms in total. The maximum atomic E-state index is 5.95. The Labute approximate surface area is 114 Å². The fraction of sp³-hybridized carbons (Fsp3) is 0.692. The first-order valence-corrected chi connectivity index (χ1v) is 6.91. The lowest BCUT2D eigenvalue weighted by atomic mass is 9.97. The Morgan fingerprint density at radius 3 is 2.44 bits per heavy atom. The number of ether oxygens (including phenoxy) is 2. The summed E-state index contributed by atoms with van der Waals surface area (Å²) in [5, 5.41) is 2.09. The summed E-state index contributed by atoms with van der Waals surface area (Å²) in [6.07, 6.45) is -0.352. The highest BCUT2D eigenvalue weighted by Crippen LogP contribution is 2.31. The molecule has 2 N–H and O–H groups in total. The van der Waals surface area contributed by atoms with E-state index in [0.29, 0.717) is 6.54 Å². The van der Waals surface area contributed by atoms with Gasteiger partial charge in [0.05, 0.1) is 5.54 Å². The Bertz CT molecular complexity index is 341. The molecule has 0 fully saturated rings. The van der Waals surface area contributed by atoms with Crippen molar-refractivity contribution < 1.29 is 9.47 Å². The van der Waals surface area contributed by atoms with Crippen LogP contribution >= 0.6 is 11.3 Å². The van der Waals surface area contributed by atoms with Gasteiger partial charge in [0, 0.05) is 31.7 Å². The van der Waals surface area contributed by atoms with Crippen molar-refractivity contribution in [2.45, 2.75) is 31.7 Å². The van der Waals surface area contributed by atoms with E-state index in [0.717, 1.165) is 0 Å². The van der Waals surface area contributed by atoms with Crippen LogP contribution in [0.15, 0.2) is 17.5 Å². The van der Waals surface area contributed by atoms with Gasteiger partial charge in [-0.05, 0) is 32.3 Å². The number of hydrogen-bond acceptors (Lipinski definition) is 5. The van der Waals surface area contributed by atoms with Gasteiger partial charge in [-0.15, -0.1) is 11.3 Å². The van der Waals surface area contributed by atoms with Crippen LogP contribution in [0.2, 0.25) is 0 Å². The molecule has 5 heteroatoms. The molecule has 18 heavy (non-hydrogen) atoms. The molecular formula is C13H24N2O2S. The van der Waals surface area contributed by atoms with E-state index in [1.165, 1.54) is 4.88 Å². The molecular weight excluding hydrogens is 248 g/mol. The summed E-state index contributed by atoms with van der Waals surface area (Å²) in [4.78, 5) is 3.53. The average molecular weight is 272 g/mol. The molecule has 0 amide bonds. The Morgan fingerprint density at radius 1 is 1.44 bits per heavy atom. The molecule has 1 aromatic rings. The second kappa shape index (κ2) is 6.63. The number of methoxy groups -OCH3 is 2. The van der Waals surface area contributed by atoms with Gasteiger partial charge in [-0.25, -0.2) is 0 Å². The van der Waals surface area contributed by atoms with Gasteiger partial charge in [-0.2, -0.15) is 0 Å². The molecule has 0 aliphatic rings. The summed E-state index contributed by atoms with van der Waals surface area (Å²) in [7, 11) is 5.35. The topological polar surface area (TPSA) is 47.7 Å². The number of thiophene rings is 1. The van der Waals surface area contributed by atoms with Crippen LogP contribution in [-0.4, -0.2) is 44.5 Å². The zero-order valence-corrected chi connectivity index (χ0v) is 12.7. The maximum absolute atomic E-state index is 5.95. The summed E-state index contributed by atoms with van der Waals surface area (Å²) >= 11 is 1.75. The van der Waals surface area contributed by atoms with Gasteiger partial charge in [-0.3, -0.25) is 4.90 Å². The summed E-state index contributed by atoms with van der Waals surface area (Å²) < 4.78 is 10.8. The molecule has 1 heterocycles. The van der Waals surface area contributed by atoms with Gasteiger partial charge >= 0.3 is 0 Å². The van der Waals surface area contributed by atoms with Crippen molar-refractivity contribution in [1.82, 2.24) is 4.90 Å². The molecule has 2 atom stereocenters. The molecule has 0 bridgehead atoms. The fourth-order valence-electron chi connectivity index (χ4n) is 2.17. The summed E-state index contributed by atoms with van der Waals surface area (Å²) in [6, 6.07) is 4.47. The predicted octanol–water partition coefficient (Wildman–Crippen LogP) is 2.08. The Balaban J connectivity index is 2.93. The molecule has 0 radical (unpaired) electrons. The van der Waals surface area contributed by atoms with Crippen LogP contribution in [0.3, 0.4) is 0 Å². The standard InChI is InChI=1S/C13H24N2O2S/c1-10(11-7-6-8-18-11)15(3)13(2,9-14)12(16-4)17-5/h6-8,10,12H,9,14H2,1-5H3. The first-order chi connectivity index (χ1) is 8.51. The largest absolute Gasteiger partial charge is 0.354 e. The van der Waals surface area contributed by atoms with Crippen LogP contribution in [0, 0.1) is 0 Å². The van der Waals surface area contributed by atoms with Gasteiger partial charge < -0.3 is 15.2 Å². The van der Waals surface area contributed by atoms with Crippen LogP contribution in [0.1, 0.15) is 24.8 Å². The van der Waals surface area contributed by atoms with E-state index >= 15 is 0 Å². The minimum Gasteiger partial charge on any atom is -0.354 e. The molecule has 0 aliphatic carbocycles. The highest BCUT2D eigenvalue weighted by Gasteiger charge is 2.40. The lowest BCUT2D eigenvalue weighted by molar-refractivity contribution is -0.182. The first kappa shape index (κ1) is 15.6. The normalized spacial score (nSPS) is 17.1. The molecule has 0 aromatic carbocycles. The quantitative estimate of drug-likeness (QED) is 0.772. The molecule has 1 rings (SSSR count). The van der Waals surface area contributed by atoms with E-state index in [1.54, 1.807) is 25.6 Å². The van der Waals surface area contributed by atoms with Crippen molar-refractivity contribution in [3.8, 4) is 0 Å². The Hall–Kier alpha value is -0.460. The number of nitrogens with two attached hydrogens (primary N) is 1. The molecule has 2 unspecified atom stereocenters. The Kier molecular flexibility index (Phi) is 5.75. The third-order valence-corrected chi connectivity index (χ3v) is 4.73. The average Bonchev–Trinajstić information content (AvgIpc) is 2.91. The maximum Gasteiger partial charge on any atom is 0.176 e. The number of likely N-dealkylation sites (N-methyl/N-ethyl adjacent to an activating group) is 1. The fourth-order valence-corrected chi connectivity index (χ4v) is 3.00. The van der Waals surface area contributed by atoms with E-state index in [4.69, 9.17) is 15.2 Å². The van der Waals surface area contributed by atoms with Gasteiger partial charge in [0.2, 0.25) is 0 Å². The first-order valence-electron chi connectivity index (χ1n) is 6.03. The number of hydrogen-bond donors (Lipinski definition) is 1. The van der Waals surface area contributed by atoms with E-state index < -0.39 is 0 Å². The van der Waals surface area contributed by atoms with Crippen LogP contribution < -0.4 is 5.73 Å². The minimum atomic E-state index is -0.368. The van der Waals surface area contributed by atoms with Crippen molar-refractivity contribution in [3.63, 3.8) is 0 Å². The highest BCUT2D eigenvalue weighted by molar-refractivity contribution is 7.10. The summed E-state index contributed by atoms with van der Waals surface area (Å²) in [6.45, 7) is 4.70. The summed E-state index contributed by atoms with van der Waals surface area (Å²) in [5.74, 6) is 0. The third kappa shape index (κ3) is 2.92. The molecule has 0 aliphatic heterocycles. The highest BCUT2D eigenvalue weighted by atomic mass is 32.1. The SMILES string of the molecule is COC(OC)C(C)(CN)N(C)C(C)c1cccs1. The van der Waals surface area contributed by atoms with Gasteiger partial charge in [0.25, 0.3) is 0 Å². The zero-order chi connectivity index (χ0) is 13.8. The second-order valence-electron chi connectivity index (χ2n) is 4.67. The van der Waals surface area contributed by atoms with Gasteiger partial charge in [0.1, 0.15) is 0 Å². The molecule has 0 saturated heterocycles. The lowest BCUT2D eigenvalue weighted by Gasteiger charge is -2.44. The van der Waals surface area contributed by atoms with E-state index in [1.807, 2.05) is 0 Å². The lowest BCUT2D eigenvalue weighted by Crippen LogP contribution is -2.59. The monoisotopic (exact) mass is 272 g/mol. The van der Waals surface area contributed by atoms with E-state index in [9.17, 15) is 0 Å². The van der Waals surface area contributed by atoms with Crippen LogP contribution in [0.25, 0.3) is 0 Å². The molecule has 104 valence electrons. The molecule has 0 spiro atoms. The minimum absolute atomic E-state index is 0.270. The van der Waals surface area contributed by atoms with Crippen molar-refractivity contribution in [1.29, 1.82) is 0 Å². The van der Waals surface area contributed by atoms with Crippen molar-refractivity contribution in [2.75, 3.05) is 27.8 Å². The summed E-state index contributed by atoms with van der Waals surface area (Å²) in [5.41, 5.74) is 5.58. The van der Waals surface area contributed by atoms with Crippen LogP contribution in [-0.2, 0) is 9.47 Å². The van der Waals surface area contributed by atoms with Crippen molar-refractivity contribution in [2.24, 2.45) is 5.73 Å². The van der Waals surface area contributed by atoms with Crippen molar-refractivity contribution >= 4 is 11.3 Å². The number of nitrogens with zero attached hydrogens (tertiary/aromatic N) is 1. The molecule has 1 aromatic heterocycles. The third-order valence-electron chi connectivity index (χ3n) is 3.69. The van der Waals surface area contributed by atoms with Gasteiger partial charge in [0.15, 0.2) is 6.29 Å². The predicted molar refractivity (Wildman–Crippen MR) is 75.8 cm³/mol. The molecule has 0 saturated carbocycles. The number of rotatable bonds is 7. The van der Waals surface area contributed by atoms with E-state index in [-0.39, 0.29) is 17.9 Å². The Morgan fingerprint density at radius 2 is 2.06 bits per heavy atom. The smallest absolute Gasteiger partial charge is 0.176 e. The van der Waals surface area contributed by atoms with Crippen LogP contribution in [0.4, 0.5) is 0 Å². The van der Waals surface area contributed by atoms with E-state index in [2.05, 4.69) is 43.3 Å². The second-order valence-corrected chi connectivity index (χ2v) is 5.65. The van der Waals surface area contributed by atoms with Crippen molar-refractivity contribution in [3.05, 3.63) is 22.4 Å².